The molecule has 0 saturated carbocycles. The third kappa shape index (κ3) is 4.27. The predicted octanol–water partition coefficient (Wildman–Crippen LogP) is -1.30. The van der Waals surface area contributed by atoms with Gasteiger partial charge in [0.15, 0.2) is 5.03 Å². The highest BCUT2D eigenvalue weighted by Gasteiger charge is 2.28. The van der Waals surface area contributed by atoms with Crippen LogP contribution >= 0.6 is 0 Å². The van der Waals surface area contributed by atoms with E-state index in [1.54, 1.807) is 19.0 Å². The number of sulfonamides is 1. The van der Waals surface area contributed by atoms with Gasteiger partial charge in [-0.15, -0.1) is 0 Å². The minimum absolute atomic E-state index is 0.240. The number of aromatic carboxylic acids is 1. The first-order valence-corrected chi connectivity index (χ1v) is 7.17. The largest absolute Gasteiger partial charge is 0.478 e. The van der Waals surface area contributed by atoms with Crippen LogP contribution in [0.3, 0.4) is 0 Å². The molecule has 9 nitrogen and oxygen atoms in total. The Morgan fingerprint density at radius 2 is 2.15 bits per heavy atom. The number of nitrogens with one attached hydrogen (secondary N) is 2. The van der Waals surface area contributed by atoms with Crippen LogP contribution in [0.1, 0.15) is 17.3 Å². The number of carbonyl (C=O) groups is 1. The van der Waals surface area contributed by atoms with Gasteiger partial charge in [0.2, 0.25) is 0 Å². The van der Waals surface area contributed by atoms with E-state index in [0.29, 0.717) is 0 Å². The second-order valence-electron chi connectivity index (χ2n) is 4.98. The Morgan fingerprint density at radius 3 is 2.65 bits per heavy atom. The highest BCUT2D eigenvalue weighted by atomic mass is 32.2. The van der Waals surface area contributed by atoms with Crippen molar-refractivity contribution in [1.29, 1.82) is 0 Å². The molecule has 20 heavy (non-hydrogen) atoms. The number of hydrogen-bond acceptors (Lipinski definition) is 6. The molecule has 1 aromatic heterocycles. The van der Waals surface area contributed by atoms with E-state index >= 15 is 0 Å². The van der Waals surface area contributed by atoms with Crippen LogP contribution in [0.25, 0.3) is 0 Å². The first-order valence-electron chi connectivity index (χ1n) is 5.68. The Morgan fingerprint density at radius 1 is 1.55 bits per heavy atom. The maximum Gasteiger partial charge on any atom is 0.340 e. The van der Waals surface area contributed by atoms with E-state index in [2.05, 4.69) is 14.9 Å². The highest BCUT2D eigenvalue weighted by Crippen LogP contribution is 2.12. The van der Waals surface area contributed by atoms with Crippen molar-refractivity contribution in [2.75, 3.05) is 27.2 Å². The van der Waals surface area contributed by atoms with Gasteiger partial charge in [-0.1, -0.05) is 0 Å². The molecule has 0 spiro atoms. The van der Waals surface area contributed by atoms with Crippen LogP contribution in [-0.4, -0.2) is 72.5 Å². The molecule has 114 valence electrons. The van der Waals surface area contributed by atoms with Gasteiger partial charge in [0.25, 0.3) is 10.0 Å². The standard InChI is InChI=1S/C10H18N4O5S/c1-10(17,6-14(2)3)5-12-20(18,19)8-7(9(15)16)4-11-13-8/h4,12,17H,5-6H2,1-3H3,(H,11,13)(H,15,16). The number of rotatable bonds is 7. The zero-order chi connectivity index (χ0) is 15.6. The Balaban J connectivity index is 2.86. The fourth-order valence-electron chi connectivity index (χ4n) is 1.69. The summed E-state index contributed by atoms with van der Waals surface area (Å²) in [4.78, 5) is 12.6. The predicted molar refractivity (Wildman–Crippen MR) is 69.9 cm³/mol. The fourth-order valence-corrected chi connectivity index (χ4v) is 2.94. The molecule has 4 N–H and O–H groups in total. The Bertz CT molecular complexity index is 578. The third-order valence-corrected chi connectivity index (χ3v) is 3.78. The van der Waals surface area contributed by atoms with Crippen LogP contribution in [0.2, 0.25) is 0 Å². The van der Waals surface area contributed by atoms with E-state index in [1.807, 2.05) is 0 Å². The van der Waals surface area contributed by atoms with Crippen LogP contribution in [0, 0.1) is 0 Å². The van der Waals surface area contributed by atoms with Crippen molar-refractivity contribution in [2.24, 2.45) is 0 Å². The van der Waals surface area contributed by atoms with E-state index in [1.165, 1.54) is 6.92 Å². The van der Waals surface area contributed by atoms with Gasteiger partial charge < -0.3 is 15.1 Å². The summed E-state index contributed by atoms with van der Waals surface area (Å²) < 4.78 is 26.1. The average Bonchev–Trinajstić information content (AvgIpc) is 2.74. The first kappa shape index (κ1) is 16.6. The molecule has 1 rings (SSSR count). The van der Waals surface area contributed by atoms with Crippen LogP contribution in [0.15, 0.2) is 11.2 Å². The summed E-state index contributed by atoms with van der Waals surface area (Å²) in [5, 5.41) is 23.9. The number of H-pyrrole nitrogens is 1. The van der Waals surface area contributed by atoms with Gasteiger partial charge >= 0.3 is 5.97 Å². The molecule has 1 atom stereocenters. The second-order valence-corrected chi connectivity index (χ2v) is 6.68. The maximum absolute atomic E-state index is 12.0. The Labute approximate surface area is 116 Å². The summed E-state index contributed by atoms with van der Waals surface area (Å²) in [5.41, 5.74) is -1.75. The molecule has 0 saturated heterocycles. The van der Waals surface area contributed by atoms with Crippen LogP contribution in [0.5, 0.6) is 0 Å². The normalized spacial score (nSPS) is 15.2. The summed E-state index contributed by atoms with van der Waals surface area (Å²) in [6.45, 7) is 1.45. The first-order chi connectivity index (χ1) is 9.05. The van der Waals surface area contributed by atoms with E-state index < -0.39 is 32.2 Å². The van der Waals surface area contributed by atoms with Gasteiger partial charge in [-0.2, -0.15) is 5.10 Å². The van der Waals surface area contributed by atoms with Gasteiger partial charge in [0, 0.05) is 13.1 Å². The lowest BCUT2D eigenvalue weighted by atomic mass is 10.1. The van der Waals surface area contributed by atoms with Crippen molar-refractivity contribution in [3.63, 3.8) is 0 Å². The SMILES string of the molecule is CN(C)CC(C)(O)CNS(=O)(=O)c1[nH]ncc1C(=O)O. The molecule has 0 aromatic carbocycles. The minimum Gasteiger partial charge on any atom is -0.478 e. The van der Waals surface area contributed by atoms with Crippen molar-refractivity contribution < 1.29 is 23.4 Å². The molecular weight excluding hydrogens is 288 g/mol. The van der Waals surface area contributed by atoms with Gasteiger partial charge in [0.1, 0.15) is 5.56 Å². The van der Waals surface area contributed by atoms with Crippen LogP contribution in [-0.2, 0) is 10.0 Å². The maximum atomic E-state index is 12.0. The molecular formula is C10H18N4O5S. The molecule has 1 aromatic rings. The Hall–Kier alpha value is -1.49. The lowest BCUT2D eigenvalue weighted by molar-refractivity contribution is 0.0386. The lowest BCUT2D eigenvalue weighted by Gasteiger charge is -2.26. The smallest absolute Gasteiger partial charge is 0.340 e. The summed E-state index contributed by atoms with van der Waals surface area (Å²) in [6, 6.07) is 0. The molecule has 1 unspecified atom stereocenters. The molecule has 0 fully saturated rings. The summed E-state index contributed by atoms with van der Waals surface area (Å²) >= 11 is 0. The molecule has 0 bridgehead atoms. The topological polar surface area (TPSA) is 136 Å². The fraction of sp³-hybridized carbons (Fsp3) is 0.600. The zero-order valence-corrected chi connectivity index (χ0v) is 12.2. The molecule has 0 radical (unpaired) electrons. The van der Waals surface area contributed by atoms with Gasteiger partial charge in [0.05, 0.1) is 11.8 Å². The summed E-state index contributed by atoms with van der Waals surface area (Å²) in [5.74, 6) is -1.40. The molecule has 1 heterocycles. The van der Waals surface area contributed by atoms with Crippen molar-refractivity contribution in [3.05, 3.63) is 11.8 Å². The van der Waals surface area contributed by atoms with E-state index in [-0.39, 0.29) is 13.1 Å². The second kappa shape index (κ2) is 5.87. The van der Waals surface area contributed by atoms with Gasteiger partial charge in [-0.3, -0.25) is 5.10 Å². The number of aromatic amines is 1. The number of aromatic nitrogens is 2. The number of likely N-dealkylation sites (N-methyl/N-ethyl adjacent to an activating group) is 1. The number of aliphatic hydroxyl groups is 1. The van der Waals surface area contributed by atoms with Crippen molar-refractivity contribution >= 4 is 16.0 Å². The molecule has 10 heteroatoms. The summed E-state index contributed by atoms with van der Waals surface area (Å²) in [7, 11) is -0.616. The van der Waals surface area contributed by atoms with Crippen molar-refractivity contribution in [1.82, 2.24) is 19.8 Å². The van der Waals surface area contributed by atoms with Gasteiger partial charge in [-0.25, -0.2) is 17.9 Å². The van der Waals surface area contributed by atoms with Crippen molar-refractivity contribution in [2.45, 2.75) is 17.6 Å². The minimum atomic E-state index is -4.09. The van der Waals surface area contributed by atoms with Crippen LogP contribution < -0.4 is 4.72 Å². The monoisotopic (exact) mass is 306 g/mol. The Kier molecular flexibility index (Phi) is 4.86. The third-order valence-electron chi connectivity index (χ3n) is 2.40. The molecule has 0 aliphatic heterocycles. The molecule has 0 aliphatic rings. The van der Waals surface area contributed by atoms with Crippen LogP contribution in [0.4, 0.5) is 0 Å². The van der Waals surface area contributed by atoms with E-state index in [0.717, 1.165) is 6.20 Å². The number of nitrogens with zero attached hydrogens (tertiary/aromatic N) is 2. The summed E-state index contributed by atoms with van der Waals surface area (Å²) in [6.07, 6.45) is 0.912. The number of carboxylic acid groups (broad SMARTS) is 1. The van der Waals surface area contributed by atoms with E-state index in [4.69, 9.17) is 5.11 Å². The molecule has 0 amide bonds. The number of carboxylic acids is 1. The van der Waals surface area contributed by atoms with E-state index in [9.17, 15) is 18.3 Å². The van der Waals surface area contributed by atoms with Gasteiger partial charge in [-0.05, 0) is 21.0 Å². The average molecular weight is 306 g/mol. The highest BCUT2D eigenvalue weighted by molar-refractivity contribution is 7.89. The quantitative estimate of drug-likeness (QED) is 0.491. The van der Waals surface area contributed by atoms with Crippen molar-refractivity contribution in [3.8, 4) is 0 Å². The number of hydrogen-bond donors (Lipinski definition) is 4. The zero-order valence-electron chi connectivity index (χ0n) is 11.4. The lowest BCUT2D eigenvalue weighted by Crippen LogP contribution is -2.47. The molecule has 0 aliphatic carbocycles.